The van der Waals surface area contributed by atoms with Gasteiger partial charge in [0.25, 0.3) is 5.91 Å². The number of hydrogen-bond acceptors (Lipinski definition) is 3. The zero-order valence-electron chi connectivity index (χ0n) is 20.2. The lowest BCUT2D eigenvalue weighted by Gasteiger charge is -2.19. The van der Waals surface area contributed by atoms with E-state index in [2.05, 4.69) is 24.2 Å². The van der Waals surface area contributed by atoms with Gasteiger partial charge in [-0.25, -0.2) is 9.07 Å². The summed E-state index contributed by atoms with van der Waals surface area (Å²) in [5.41, 5.74) is 16.5. The van der Waals surface area contributed by atoms with E-state index in [-0.39, 0.29) is 11.6 Å². The molecule has 5 nitrogen and oxygen atoms in total. The zero-order chi connectivity index (χ0) is 24.1. The van der Waals surface area contributed by atoms with Crippen LogP contribution in [0.15, 0.2) is 35.9 Å². The van der Waals surface area contributed by atoms with Crippen LogP contribution in [0.1, 0.15) is 97.8 Å². The summed E-state index contributed by atoms with van der Waals surface area (Å²) in [5, 5.41) is 4.33. The molecule has 1 unspecified atom stereocenters. The fourth-order valence-corrected chi connectivity index (χ4v) is 5.73. The number of primary amides is 1. The van der Waals surface area contributed by atoms with Crippen molar-refractivity contribution in [3.63, 3.8) is 0 Å². The van der Waals surface area contributed by atoms with Crippen LogP contribution in [0.3, 0.4) is 0 Å². The third kappa shape index (κ3) is 5.60. The van der Waals surface area contributed by atoms with Crippen molar-refractivity contribution in [3.05, 3.63) is 64.1 Å². The predicted octanol–water partition coefficient (Wildman–Crippen LogP) is 6.14. The third-order valence-corrected chi connectivity index (χ3v) is 7.42. The Labute approximate surface area is 202 Å². The molecule has 1 fully saturated rings. The molecule has 2 aliphatic rings. The van der Waals surface area contributed by atoms with Crippen molar-refractivity contribution in [3.8, 4) is 0 Å². The highest BCUT2D eigenvalue weighted by molar-refractivity contribution is 5.98. The summed E-state index contributed by atoms with van der Waals surface area (Å²) in [7, 11) is 0. The number of nitrogens with two attached hydrogens (primary N) is 2. The average molecular weight is 465 g/mol. The van der Waals surface area contributed by atoms with E-state index in [1.807, 2.05) is 12.3 Å². The van der Waals surface area contributed by atoms with Crippen LogP contribution < -0.4 is 11.5 Å². The number of amides is 1. The first kappa shape index (κ1) is 24.2. The number of allylic oxidation sites excluding steroid dienone is 3. The predicted molar refractivity (Wildman–Crippen MR) is 136 cm³/mol. The maximum absolute atomic E-state index is 14.1. The highest BCUT2D eigenvalue weighted by Gasteiger charge is 2.23. The van der Waals surface area contributed by atoms with Gasteiger partial charge in [0.2, 0.25) is 0 Å². The molecule has 1 aliphatic carbocycles. The number of carbonyl (C=O) groups excluding carboxylic acids is 1. The second kappa shape index (κ2) is 11.0. The van der Waals surface area contributed by atoms with Gasteiger partial charge in [-0.1, -0.05) is 43.9 Å². The van der Waals surface area contributed by atoms with E-state index in [4.69, 9.17) is 11.5 Å². The second-order valence-corrected chi connectivity index (χ2v) is 9.87. The first-order chi connectivity index (χ1) is 16.5. The molecular weight excluding hydrogens is 427 g/mol. The average Bonchev–Trinajstić information content (AvgIpc) is 2.99. The van der Waals surface area contributed by atoms with Gasteiger partial charge in [-0.3, -0.25) is 4.79 Å². The molecule has 2 atom stereocenters. The highest BCUT2D eigenvalue weighted by Crippen LogP contribution is 2.38. The summed E-state index contributed by atoms with van der Waals surface area (Å²) in [6.07, 6.45) is 17.9. The maximum Gasteiger partial charge on any atom is 0.254 e. The van der Waals surface area contributed by atoms with Gasteiger partial charge in [-0.15, -0.1) is 0 Å². The molecule has 4 N–H and O–H groups in total. The van der Waals surface area contributed by atoms with Crippen molar-refractivity contribution in [2.45, 2.75) is 83.5 Å². The Kier molecular flexibility index (Phi) is 7.86. The Morgan fingerprint density at radius 3 is 2.85 bits per heavy atom. The van der Waals surface area contributed by atoms with Gasteiger partial charge in [0.05, 0.1) is 5.69 Å². The fourth-order valence-electron chi connectivity index (χ4n) is 5.73. The lowest BCUT2D eigenvalue weighted by molar-refractivity contribution is 0.1000. The number of hydrogen-bond donors (Lipinski definition) is 2. The highest BCUT2D eigenvalue weighted by atomic mass is 19.1. The molecule has 6 heteroatoms. The lowest BCUT2D eigenvalue weighted by Crippen LogP contribution is -2.15. The first-order valence-electron chi connectivity index (χ1n) is 12.8. The van der Waals surface area contributed by atoms with Crippen LogP contribution in [0, 0.1) is 11.7 Å². The van der Waals surface area contributed by atoms with E-state index in [0.717, 1.165) is 63.5 Å². The van der Waals surface area contributed by atoms with Crippen molar-refractivity contribution in [1.82, 2.24) is 9.78 Å². The number of benzene rings is 1. The summed E-state index contributed by atoms with van der Waals surface area (Å²) in [4.78, 5) is 11.8. The van der Waals surface area contributed by atoms with Crippen molar-refractivity contribution < 1.29 is 9.18 Å². The lowest BCUT2D eigenvalue weighted by atomic mass is 9.86. The minimum absolute atomic E-state index is 0.116. The van der Waals surface area contributed by atoms with E-state index < -0.39 is 5.91 Å². The molecule has 0 radical (unpaired) electrons. The molecule has 0 saturated heterocycles. The van der Waals surface area contributed by atoms with Crippen molar-refractivity contribution >= 4 is 17.9 Å². The number of fused-ring (bicyclic) bond motifs is 1. The third-order valence-electron chi connectivity index (χ3n) is 7.42. The van der Waals surface area contributed by atoms with E-state index in [1.54, 1.807) is 16.8 Å². The van der Waals surface area contributed by atoms with Gasteiger partial charge >= 0.3 is 0 Å². The summed E-state index contributed by atoms with van der Waals surface area (Å²) >= 11 is 0. The fraction of sp³-hybridized carbons (Fsp3) is 0.500. The van der Waals surface area contributed by atoms with Crippen LogP contribution in [0.25, 0.3) is 6.20 Å². The van der Waals surface area contributed by atoms with E-state index in [9.17, 15) is 9.18 Å². The molecule has 1 amide bonds. The number of nitrogens with zero attached hydrogens (tertiary/aromatic N) is 2. The van der Waals surface area contributed by atoms with E-state index in [0.29, 0.717) is 17.4 Å². The molecule has 182 valence electrons. The van der Waals surface area contributed by atoms with Gasteiger partial charge in [0.15, 0.2) is 5.82 Å². The number of aryl methyl sites for hydroxylation is 1. The topological polar surface area (TPSA) is 86.9 Å². The Morgan fingerprint density at radius 2 is 2.06 bits per heavy atom. The molecule has 0 bridgehead atoms. The van der Waals surface area contributed by atoms with Crippen molar-refractivity contribution in [1.29, 1.82) is 0 Å². The van der Waals surface area contributed by atoms with Crippen LogP contribution in [-0.4, -0.2) is 15.7 Å². The number of carbonyl (C=O) groups is 1. The molecule has 2 aromatic rings. The summed E-state index contributed by atoms with van der Waals surface area (Å²) in [6.45, 7) is 2.18. The summed E-state index contributed by atoms with van der Waals surface area (Å²) < 4.78 is 15.8. The minimum Gasteiger partial charge on any atom is -0.382 e. The van der Waals surface area contributed by atoms with Crippen LogP contribution in [0.4, 0.5) is 10.2 Å². The number of rotatable bonds is 6. The Morgan fingerprint density at radius 1 is 1.21 bits per heavy atom. The van der Waals surface area contributed by atoms with E-state index >= 15 is 0 Å². The number of aromatic nitrogens is 2. The molecule has 1 saturated carbocycles. The molecule has 4 rings (SSSR count). The van der Waals surface area contributed by atoms with Crippen LogP contribution in [0.2, 0.25) is 0 Å². The van der Waals surface area contributed by atoms with Crippen LogP contribution >= 0.6 is 0 Å². The number of halogens is 1. The van der Waals surface area contributed by atoms with Gasteiger partial charge in [0.1, 0.15) is 11.4 Å². The van der Waals surface area contributed by atoms with Gasteiger partial charge in [-0.2, -0.15) is 5.10 Å². The second-order valence-electron chi connectivity index (χ2n) is 9.87. The summed E-state index contributed by atoms with van der Waals surface area (Å²) in [6, 6.07) is 5.38. The quantitative estimate of drug-likeness (QED) is 0.503. The van der Waals surface area contributed by atoms with Gasteiger partial charge < -0.3 is 11.5 Å². The minimum atomic E-state index is -0.520. The molecule has 0 spiro atoms. The van der Waals surface area contributed by atoms with Crippen molar-refractivity contribution in [2.75, 3.05) is 5.73 Å². The molecular formula is C28H37FN4O. The standard InChI is InChI=1S/C28H37FN4O/c1-2-6-21-13-14-23(29)18-24(21)22-9-5-8-19(11-12-22)17-20-7-3-4-10-25-26(28(31)34)27(30)32-33(25)16-15-20/h7,13-16,18-19,22H,2-6,8-12,17H2,1H3,(H2,30,32)(H2,31,34)/b16-15-,20-7+/t19?,22-/m0/s1. The Balaban J connectivity index is 1.45. The monoisotopic (exact) mass is 464 g/mol. The van der Waals surface area contributed by atoms with E-state index in [1.165, 1.54) is 29.5 Å². The zero-order valence-corrected chi connectivity index (χ0v) is 20.2. The number of anilines is 1. The van der Waals surface area contributed by atoms with Gasteiger partial charge in [0, 0.05) is 6.20 Å². The largest absolute Gasteiger partial charge is 0.382 e. The molecule has 1 aromatic carbocycles. The summed E-state index contributed by atoms with van der Waals surface area (Å²) in [5.74, 6) is 0.637. The van der Waals surface area contributed by atoms with Crippen LogP contribution in [0.5, 0.6) is 0 Å². The molecule has 1 aromatic heterocycles. The number of nitrogen functional groups attached to an aromatic ring is 1. The maximum atomic E-state index is 14.1. The normalized spacial score (nSPS) is 23.5. The SMILES string of the molecule is CCCc1ccc(F)cc1[C@H]1CCCC(CC2=C/CCCc3c(C(N)=O)c(N)nn3/C=C\2)CC1. The Hall–Kier alpha value is -2.89. The molecule has 2 heterocycles. The molecule has 1 aliphatic heterocycles. The van der Waals surface area contributed by atoms with Gasteiger partial charge in [-0.05, 0) is 92.5 Å². The Bertz CT molecular complexity index is 1080. The molecule has 34 heavy (non-hydrogen) atoms. The first-order valence-corrected chi connectivity index (χ1v) is 12.8. The smallest absolute Gasteiger partial charge is 0.254 e. The van der Waals surface area contributed by atoms with Crippen molar-refractivity contribution in [2.24, 2.45) is 11.7 Å². The van der Waals surface area contributed by atoms with Crippen LogP contribution in [-0.2, 0) is 12.8 Å².